The van der Waals surface area contributed by atoms with Gasteiger partial charge in [-0.05, 0) is 48.5 Å². The zero-order chi connectivity index (χ0) is 19.9. The van der Waals surface area contributed by atoms with Crippen molar-refractivity contribution >= 4 is 22.4 Å². The van der Waals surface area contributed by atoms with E-state index in [0.717, 1.165) is 28.1 Å². The number of nitrogens with one attached hydrogen (secondary N) is 1. The fourth-order valence-corrected chi connectivity index (χ4v) is 2.80. The monoisotopic (exact) mass is 387 g/mol. The summed E-state index contributed by atoms with van der Waals surface area (Å²) in [6.07, 6.45) is 0. The average Bonchev–Trinajstić information content (AvgIpc) is 2.76. The predicted molar refractivity (Wildman–Crippen MR) is 113 cm³/mol. The van der Waals surface area contributed by atoms with E-state index in [1.54, 1.807) is 7.11 Å². The van der Waals surface area contributed by atoms with Crippen molar-refractivity contribution in [2.24, 2.45) is 0 Å². The van der Waals surface area contributed by atoms with E-state index in [4.69, 9.17) is 14.2 Å². The van der Waals surface area contributed by atoms with Crippen molar-refractivity contribution in [2.75, 3.05) is 25.6 Å². The third-order valence-corrected chi connectivity index (χ3v) is 4.20. The summed E-state index contributed by atoms with van der Waals surface area (Å²) in [5.41, 5.74) is 1.69. The van der Waals surface area contributed by atoms with Gasteiger partial charge in [0.25, 0.3) is 0 Å². The lowest BCUT2D eigenvalue weighted by Gasteiger charge is -2.12. The topological polar surface area (TPSA) is 65.5 Å². The number of para-hydroxylation sites is 2. The maximum absolute atomic E-state index is 5.84. The van der Waals surface area contributed by atoms with Gasteiger partial charge in [-0.2, -0.15) is 9.97 Å². The molecule has 0 saturated carbocycles. The number of nitrogens with zero attached hydrogens (tertiary/aromatic N) is 2. The first kappa shape index (κ1) is 18.7. The van der Waals surface area contributed by atoms with E-state index in [9.17, 15) is 0 Å². The highest BCUT2D eigenvalue weighted by molar-refractivity contribution is 5.91. The van der Waals surface area contributed by atoms with Crippen molar-refractivity contribution in [1.82, 2.24) is 9.97 Å². The molecule has 6 nitrogen and oxygen atoms in total. The smallest absolute Gasteiger partial charge is 0.319 e. The maximum Gasteiger partial charge on any atom is 0.319 e. The molecule has 0 radical (unpaired) electrons. The number of anilines is 2. The molecule has 3 aromatic carbocycles. The van der Waals surface area contributed by atoms with Gasteiger partial charge in [0.2, 0.25) is 0 Å². The number of fused-ring (bicyclic) bond motifs is 1. The number of rotatable bonds is 8. The van der Waals surface area contributed by atoms with E-state index in [1.807, 2.05) is 78.9 Å². The highest BCUT2D eigenvalue weighted by atomic mass is 16.5. The molecule has 1 N–H and O–H groups in total. The van der Waals surface area contributed by atoms with Crippen molar-refractivity contribution in [3.05, 3.63) is 78.9 Å². The Balaban J connectivity index is 1.54. The van der Waals surface area contributed by atoms with Crippen molar-refractivity contribution in [3.63, 3.8) is 0 Å². The van der Waals surface area contributed by atoms with Crippen LogP contribution in [0.25, 0.3) is 10.9 Å². The molecule has 0 fully saturated rings. The molecule has 6 heteroatoms. The van der Waals surface area contributed by atoms with Crippen LogP contribution in [-0.4, -0.2) is 30.3 Å². The minimum absolute atomic E-state index is 0.312. The van der Waals surface area contributed by atoms with Crippen LogP contribution in [0.3, 0.4) is 0 Å². The Morgan fingerprint density at radius 1 is 0.759 bits per heavy atom. The Morgan fingerprint density at radius 3 is 2.28 bits per heavy atom. The van der Waals surface area contributed by atoms with Crippen molar-refractivity contribution in [3.8, 4) is 17.5 Å². The summed E-state index contributed by atoms with van der Waals surface area (Å²) in [7, 11) is 1.63. The van der Waals surface area contributed by atoms with E-state index in [2.05, 4.69) is 15.3 Å². The average molecular weight is 387 g/mol. The van der Waals surface area contributed by atoms with E-state index in [-0.39, 0.29) is 0 Å². The molecule has 0 spiro atoms. The molecule has 0 aliphatic carbocycles. The molecule has 0 amide bonds. The fourth-order valence-electron chi connectivity index (χ4n) is 2.80. The van der Waals surface area contributed by atoms with Gasteiger partial charge in [0.15, 0.2) is 0 Å². The molecule has 0 saturated heterocycles. The summed E-state index contributed by atoms with van der Waals surface area (Å²) in [6.45, 7) is 0.863. The third kappa shape index (κ3) is 4.80. The number of ether oxygens (including phenoxy) is 3. The molecule has 0 atom stereocenters. The molecule has 0 unspecified atom stereocenters. The normalized spacial score (nSPS) is 10.7. The lowest BCUT2D eigenvalue weighted by Crippen LogP contribution is -2.08. The molecule has 1 aromatic heterocycles. The molecule has 4 aromatic rings. The number of hydrogen-bond donors (Lipinski definition) is 1. The summed E-state index contributed by atoms with van der Waals surface area (Å²) >= 11 is 0. The number of hydrogen-bond acceptors (Lipinski definition) is 6. The summed E-state index contributed by atoms with van der Waals surface area (Å²) < 4.78 is 16.5. The SMILES string of the molecule is COCCOc1nc(Nc2ccc(Oc3ccccc3)cc2)c2ccccc2n1. The summed E-state index contributed by atoms with van der Waals surface area (Å²) in [5.74, 6) is 2.24. The number of methoxy groups -OCH3 is 1. The van der Waals surface area contributed by atoms with Crippen LogP contribution in [0.4, 0.5) is 11.5 Å². The molecule has 146 valence electrons. The predicted octanol–water partition coefficient (Wildman–Crippen LogP) is 5.19. The standard InChI is InChI=1S/C23H21N3O3/c1-27-15-16-28-23-25-21-10-6-5-9-20(21)22(26-23)24-17-11-13-19(14-12-17)29-18-7-3-2-4-8-18/h2-14H,15-16H2,1H3,(H,24,25,26). The Kier molecular flexibility index (Phi) is 5.83. The van der Waals surface area contributed by atoms with Gasteiger partial charge in [-0.15, -0.1) is 0 Å². The van der Waals surface area contributed by atoms with Crippen LogP contribution in [0.15, 0.2) is 78.9 Å². The Morgan fingerprint density at radius 2 is 1.48 bits per heavy atom. The molecule has 29 heavy (non-hydrogen) atoms. The Bertz CT molecular complexity index is 1070. The summed E-state index contributed by atoms with van der Waals surface area (Å²) in [5, 5.41) is 4.26. The first-order valence-electron chi connectivity index (χ1n) is 9.30. The van der Waals surface area contributed by atoms with Gasteiger partial charge in [-0.1, -0.05) is 30.3 Å². The van der Waals surface area contributed by atoms with E-state index < -0.39 is 0 Å². The lowest BCUT2D eigenvalue weighted by molar-refractivity contribution is 0.141. The second-order valence-electron chi connectivity index (χ2n) is 6.28. The minimum atomic E-state index is 0.312. The highest BCUT2D eigenvalue weighted by Crippen LogP contribution is 2.28. The lowest BCUT2D eigenvalue weighted by atomic mass is 10.2. The molecule has 1 heterocycles. The van der Waals surface area contributed by atoms with Crippen LogP contribution < -0.4 is 14.8 Å². The molecule has 4 rings (SSSR count). The van der Waals surface area contributed by atoms with Crippen LogP contribution in [0.1, 0.15) is 0 Å². The summed E-state index contributed by atoms with van der Waals surface area (Å²) in [4.78, 5) is 8.99. The van der Waals surface area contributed by atoms with Gasteiger partial charge in [-0.25, -0.2) is 0 Å². The van der Waals surface area contributed by atoms with E-state index >= 15 is 0 Å². The van der Waals surface area contributed by atoms with Gasteiger partial charge in [0.1, 0.15) is 23.9 Å². The largest absolute Gasteiger partial charge is 0.461 e. The summed E-state index contributed by atoms with van der Waals surface area (Å²) in [6, 6.07) is 25.5. The van der Waals surface area contributed by atoms with Crippen LogP contribution >= 0.6 is 0 Å². The quantitative estimate of drug-likeness (QED) is 0.420. The fraction of sp³-hybridized carbons (Fsp3) is 0.130. The van der Waals surface area contributed by atoms with Gasteiger partial charge in [0, 0.05) is 18.2 Å². The highest BCUT2D eigenvalue weighted by Gasteiger charge is 2.09. The minimum Gasteiger partial charge on any atom is -0.461 e. The zero-order valence-electron chi connectivity index (χ0n) is 16.0. The van der Waals surface area contributed by atoms with Crippen LogP contribution in [0.2, 0.25) is 0 Å². The first-order chi connectivity index (χ1) is 14.3. The van der Waals surface area contributed by atoms with Gasteiger partial charge >= 0.3 is 6.01 Å². The number of aromatic nitrogens is 2. The van der Waals surface area contributed by atoms with Crippen molar-refractivity contribution < 1.29 is 14.2 Å². The number of benzene rings is 3. The Hall–Kier alpha value is -3.64. The van der Waals surface area contributed by atoms with Gasteiger partial charge in [-0.3, -0.25) is 0 Å². The van der Waals surface area contributed by atoms with Crippen molar-refractivity contribution in [2.45, 2.75) is 0 Å². The van der Waals surface area contributed by atoms with E-state index in [1.165, 1.54) is 0 Å². The second kappa shape index (κ2) is 9.03. The van der Waals surface area contributed by atoms with E-state index in [0.29, 0.717) is 25.0 Å². The van der Waals surface area contributed by atoms with Crippen LogP contribution in [-0.2, 0) is 4.74 Å². The van der Waals surface area contributed by atoms with Crippen LogP contribution in [0.5, 0.6) is 17.5 Å². The van der Waals surface area contributed by atoms with Gasteiger partial charge < -0.3 is 19.5 Å². The third-order valence-electron chi connectivity index (χ3n) is 4.20. The second-order valence-corrected chi connectivity index (χ2v) is 6.28. The molecule has 0 bridgehead atoms. The van der Waals surface area contributed by atoms with Crippen molar-refractivity contribution in [1.29, 1.82) is 0 Å². The molecular weight excluding hydrogens is 366 g/mol. The molecule has 0 aliphatic heterocycles. The maximum atomic E-state index is 5.84. The first-order valence-corrected chi connectivity index (χ1v) is 9.30. The zero-order valence-corrected chi connectivity index (χ0v) is 16.0. The van der Waals surface area contributed by atoms with Gasteiger partial charge in [0.05, 0.1) is 12.1 Å². The molecular formula is C23H21N3O3. The Labute approximate surface area is 169 Å². The molecule has 0 aliphatic rings. The van der Waals surface area contributed by atoms with Crippen LogP contribution in [0, 0.1) is 0 Å².